The fourth-order valence-corrected chi connectivity index (χ4v) is 2.69. The summed E-state index contributed by atoms with van der Waals surface area (Å²) in [5, 5.41) is 2.89. The molecule has 0 aliphatic heterocycles. The van der Waals surface area contributed by atoms with Crippen LogP contribution in [0.15, 0.2) is 47.4 Å². The van der Waals surface area contributed by atoms with Crippen molar-refractivity contribution in [1.82, 2.24) is 0 Å². The molecule has 2 aromatic carbocycles. The summed E-state index contributed by atoms with van der Waals surface area (Å²) in [6, 6.07) is 12.2. The average molecular weight is 303 g/mol. The normalized spacial score (nSPS) is 10.4. The number of rotatable bonds is 5. The van der Waals surface area contributed by atoms with Crippen LogP contribution in [-0.2, 0) is 4.79 Å². The minimum absolute atomic E-state index is 0.00661. The van der Waals surface area contributed by atoms with E-state index in [1.54, 1.807) is 23.9 Å². The van der Waals surface area contributed by atoms with Crippen LogP contribution in [0, 0.1) is 19.7 Å². The first kappa shape index (κ1) is 15.6. The molecule has 0 aliphatic rings. The number of thioether (sulfide) groups is 1. The standard InChI is InChI=1S/C17H18FNOS/c1-12-3-6-15(11-13(12)2)19-17(20)9-10-21-16-7-4-14(18)5-8-16/h3-8,11H,9-10H2,1-2H3,(H,19,20). The third-order valence-corrected chi connectivity index (χ3v) is 4.22. The Balaban J connectivity index is 1.79. The minimum Gasteiger partial charge on any atom is -0.326 e. The molecule has 2 rings (SSSR count). The van der Waals surface area contributed by atoms with E-state index in [1.807, 2.05) is 32.0 Å². The molecule has 0 aromatic heterocycles. The van der Waals surface area contributed by atoms with Gasteiger partial charge in [-0.2, -0.15) is 0 Å². The lowest BCUT2D eigenvalue weighted by molar-refractivity contribution is -0.115. The maximum absolute atomic E-state index is 12.8. The van der Waals surface area contributed by atoms with Crippen molar-refractivity contribution >= 4 is 23.4 Å². The largest absolute Gasteiger partial charge is 0.326 e. The number of aryl methyl sites for hydroxylation is 2. The summed E-state index contributed by atoms with van der Waals surface area (Å²) in [7, 11) is 0. The van der Waals surface area contributed by atoms with Gasteiger partial charge in [-0.3, -0.25) is 4.79 Å². The molecule has 0 heterocycles. The Bertz CT molecular complexity index is 625. The summed E-state index contributed by atoms with van der Waals surface area (Å²) in [5.41, 5.74) is 3.20. The van der Waals surface area contributed by atoms with Crippen molar-refractivity contribution in [2.75, 3.05) is 11.1 Å². The van der Waals surface area contributed by atoms with E-state index < -0.39 is 0 Å². The zero-order valence-corrected chi connectivity index (χ0v) is 13.0. The second kappa shape index (κ2) is 7.27. The number of hydrogen-bond donors (Lipinski definition) is 1. The third kappa shape index (κ3) is 4.90. The molecule has 0 radical (unpaired) electrons. The van der Waals surface area contributed by atoms with Gasteiger partial charge in [0.15, 0.2) is 0 Å². The summed E-state index contributed by atoms with van der Waals surface area (Å²) in [6.45, 7) is 4.07. The Morgan fingerprint density at radius 3 is 2.48 bits per heavy atom. The first-order valence-electron chi connectivity index (χ1n) is 6.80. The molecule has 2 aromatic rings. The van der Waals surface area contributed by atoms with E-state index >= 15 is 0 Å². The molecule has 4 heteroatoms. The molecule has 1 amide bonds. The zero-order chi connectivity index (χ0) is 15.2. The molecule has 0 saturated heterocycles. The Morgan fingerprint density at radius 2 is 1.81 bits per heavy atom. The molecular formula is C17H18FNOS. The highest BCUT2D eigenvalue weighted by atomic mass is 32.2. The maximum Gasteiger partial charge on any atom is 0.225 e. The maximum atomic E-state index is 12.8. The van der Waals surface area contributed by atoms with Gasteiger partial charge < -0.3 is 5.32 Å². The zero-order valence-electron chi connectivity index (χ0n) is 12.2. The first-order chi connectivity index (χ1) is 10.0. The Labute approximate surface area is 128 Å². The highest BCUT2D eigenvalue weighted by Crippen LogP contribution is 2.19. The van der Waals surface area contributed by atoms with Crippen molar-refractivity contribution in [3.05, 3.63) is 59.4 Å². The number of halogens is 1. The fraction of sp³-hybridized carbons (Fsp3) is 0.235. The van der Waals surface area contributed by atoms with Crippen molar-refractivity contribution in [3.8, 4) is 0 Å². The van der Waals surface area contributed by atoms with Gasteiger partial charge in [0.25, 0.3) is 0 Å². The molecular weight excluding hydrogens is 285 g/mol. The molecule has 0 spiro atoms. The molecule has 1 N–H and O–H groups in total. The van der Waals surface area contributed by atoms with Crippen LogP contribution in [0.5, 0.6) is 0 Å². The summed E-state index contributed by atoms with van der Waals surface area (Å²) < 4.78 is 12.8. The van der Waals surface area contributed by atoms with Gasteiger partial charge in [0, 0.05) is 22.8 Å². The third-order valence-electron chi connectivity index (χ3n) is 3.20. The van der Waals surface area contributed by atoms with Gasteiger partial charge in [-0.1, -0.05) is 6.07 Å². The second-order valence-corrected chi connectivity index (χ2v) is 6.07. The molecule has 0 atom stereocenters. The molecule has 21 heavy (non-hydrogen) atoms. The molecule has 0 fully saturated rings. The van der Waals surface area contributed by atoms with E-state index in [2.05, 4.69) is 5.32 Å². The van der Waals surface area contributed by atoms with Crippen LogP contribution in [0.1, 0.15) is 17.5 Å². The van der Waals surface area contributed by atoms with Crippen LogP contribution in [0.25, 0.3) is 0 Å². The molecule has 110 valence electrons. The molecule has 0 aliphatic carbocycles. The fourth-order valence-electron chi connectivity index (χ4n) is 1.84. The van der Waals surface area contributed by atoms with Crippen LogP contribution < -0.4 is 5.32 Å². The van der Waals surface area contributed by atoms with Gasteiger partial charge in [0.05, 0.1) is 0 Å². The van der Waals surface area contributed by atoms with Gasteiger partial charge in [0.1, 0.15) is 5.82 Å². The molecule has 0 unspecified atom stereocenters. The van der Waals surface area contributed by atoms with E-state index in [-0.39, 0.29) is 11.7 Å². The predicted octanol–water partition coefficient (Wildman–Crippen LogP) is 4.56. The Morgan fingerprint density at radius 1 is 1.10 bits per heavy atom. The highest BCUT2D eigenvalue weighted by molar-refractivity contribution is 7.99. The number of anilines is 1. The lowest BCUT2D eigenvalue weighted by Gasteiger charge is -2.07. The Kier molecular flexibility index (Phi) is 5.39. The highest BCUT2D eigenvalue weighted by Gasteiger charge is 2.04. The van der Waals surface area contributed by atoms with Crippen LogP contribution in [0.3, 0.4) is 0 Å². The second-order valence-electron chi connectivity index (χ2n) is 4.90. The van der Waals surface area contributed by atoms with Gasteiger partial charge >= 0.3 is 0 Å². The number of benzene rings is 2. The number of amides is 1. The molecule has 0 saturated carbocycles. The van der Waals surface area contributed by atoms with Crippen molar-refractivity contribution in [1.29, 1.82) is 0 Å². The predicted molar refractivity (Wildman–Crippen MR) is 86.3 cm³/mol. The van der Waals surface area contributed by atoms with Crippen molar-refractivity contribution < 1.29 is 9.18 Å². The van der Waals surface area contributed by atoms with Crippen LogP contribution in [-0.4, -0.2) is 11.7 Å². The van der Waals surface area contributed by atoms with Crippen LogP contribution in [0.4, 0.5) is 10.1 Å². The Hall–Kier alpha value is -1.81. The summed E-state index contributed by atoms with van der Waals surface area (Å²) in [5.74, 6) is 0.419. The summed E-state index contributed by atoms with van der Waals surface area (Å²) in [4.78, 5) is 12.8. The topological polar surface area (TPSA) is 29.1 Å². The smallest absolute Gasteiger partial charge is 0.225 e. The minimum atomic E-state index is -0.244. The SMILES string of the molecule is Cc1ccc(NC(=O)CCSc2ccc(F)cc2)cc1C. The van der Waals surface area contributed by atoms with Crippen molar-refractivity contribution in [2.45, 2.75) is 25.2 Å². The van der Waals surface area contributed by atoms with Gasteiger partial charge in [0.2, 0.25) is 5.91 Å². The average Bonchev–Trinajstić information content (AvgIpc) is 2.45. The first-order valence-corrected chi connectivity index (χ1v) is 7.78. The number of nitrogens with one attached hydrogen (secondary N) is 1. The number of carbonyl (C=O) groups is 1. The van der Waals surface area contributed by atoms with E-state index in [9.17, 15) is 9.18 Å². The van der Waals surface area contributed by atoms with Crippen LogP contribution >= 0.6 is 11.8 Å². The van der Waals surface area contributed by atoms with Gasteiger partial charge in [-0.05, 0) is 61.4 Å². The number of hydrogen-bond acceptors (Lipinski definition) is 2. The monoisotopic (exact) mass is 303 g/mol. The number of carbonyl (C=O) groups excluding carboxylic acids is 1. The van der Waals surface area contributed by atoms with E-state index in [0.29, 0.717) is 12.2 Å². The van der Waals surface area contributed by atoms with Crippen molar-refractivity contribution in [2.24, 2.45) is 0 Å². The van der Waals surface area contributed by atoms with Crippen LogP contribution in [0.2, 0.25) is 0 Å². The summed E-state index contributed by atoms with van der Waals surface area (Å²) >= 11 is 1.55. The van der Waals surface area contributed by atoms with E-state index in [0.717, 1.165) is 16.1 Å². The van der Waals surface area contributed by atoms with E-state index in [1.165, 1.54) is 17.7 Å². The van der Waals surface area contributed by atoms with Crippen molar-refractivity contribution in [3.63, 3.8) is 0 Å². The lowest BCUT2D eigenvalue weighted by Crippen LogP contribution is -2.12. The summed E-state index contributed by atoms with van der Waals surface area (Å²) in [6.07, 6.45) is 0.426. The molecule has 0 bridgehead atoms. The van der Waals surface area contributed by atoms with Gasteiger partial charge in [-0.15, -0.1) is 11.8 Å². The lowest BCUT2D eigenvalue weighted by atomic mass is 10.1. The van der Waals surface area contributed by atoms with E-state index in [4.69, 9.17) is 0 Å². The molecule has 2 nitrogen and oxygen atoms in total. The van der Waals surface area contributed by atoms with Gasteiger partial charge in [-0.25, -0.2) is 4.39 Å². The quantitative estimate of drug-likeness (QED) is 0.820.